The highest BCUT2D eigenvalue weighted by Gasteiger charge is 2.04. The Hall–Kier alpha value is -2.08. The van der Waals surface area contributed by atoms with Crippen LogP contribution < -0.4 is 15.4 Å². The minimum absolute atomic E-state index is 0.174. The summed E-state index contributed by atoms with van der Waals surface area (Å²) < 4.78 is 19.5. The van der Waals surface area contributed by atoms with Gasteiger partial charge >= 0.3 is 6.03 Å². The molecule has 0 unspecified atom stereocenters. The highest BCUT2D eigenvalue weighted by Crippen LogP contribution is 2.19. The fourth-order valence-corrected chi connectivity index (χ4v) is 2.03. The average molecular weight is 367 g/mol. The van der Waals surface area contributed by atoms with Gasteiger partial charge in [0.2, 0.25) is 0 Å². The van der Waals surface area contributed by atoms with Gasteiger partial charge in [-0.2, -0.15) is 0 Å². The Morgan fingerprint density at radius 2 is 2.05 bits per heavy atom. The van der Waals surface area contributed by atoms with Crippen molar-refractivity contribution in [3.8, 4) is 5.75 Å². The predicted molar refractivity (Wildman–Crippen MR) is 87.8 cm³/mol. The van der Waals surface area contributed by atoms with Crippen molar-refractivity contribution in [1.82, 2.24) is 5.32 Å². The standard InChI is InChI=1S/C16H16BrFN2O2/c1-11-10-12(6-7-13(11)17)20-16(21)19-8-9-22-15-5-3-2-4-14(15)18/h2-7,10H,8-9H2,1H3,(H2,19,20,21). The smallest absolute Gasteiger partial charge is 0.319 e. The van der Waals surface area contributed by atoms with Gasteiger partial charge < -0.3 is 15.4 Å². The van der Waals surface area contributed by atoms with Crippen molar-refractivity contribution in [2.45, 2.75) is 6.92 Å². The van der Waals surface area contributed by atoms with Crippen LogP contribution in [0.15, 0.2) is 46.9 Å². The molecule has 0 aliphatic carbocycles. The van der Waals surface area contributed by atoms with Gasteiger partial charge in [0.15, 0.2) is 11.6 Å². The van der Waals surface area contributed by atoms with Gasteiger partial charge in [0, 0.05) is 10.2 Å². The molecule has 0 spiro atoms. The molecule has 0 saturated heterocycles. The van der Waals surface area contributed by atoms with Gasteiger partial charge in [-0.15, -0.1) is 0 Å². The van der Waals surface area contributed by atoms with Gasteiger partial charge in [-0.05, 0) is 42.8 Å². The summed E-state index contributed by atoms with van der Waals surface area (Å²) in [6.07, 6.45) is 0. The molecule has 0 aliphatic heterocycles. The summed E-state index contributed by atoms with van der Waals surface area (Å²) in [6, 6.07) is 11.3. The lowest BCUT2D eigenvalue weighted by molar-refractivity contribution is 0.246. The number of halogens is 2. The number of anilines is 1. The Labute approximate surface area is 136 Å². The van der Waals surface area contributed by atoms with Crippen molar-refractivity contribution in [3.63, 3.8) is 0 Å². The van der Waals surface area contributed by atoms with Crippen molar-refractivity contribution < 1.29 is 13.9 Å². The Kier molecular flexibility index (Phi) is 5.77. The van der Waals surface area contributed by atoms with E-state index in [0.717, 1.165) is 10.0 Å². The Morgan fingerprint density at radius 1 is 1.27 bits per heavy atom. The number of carbonyl (C=O) groups is 1. The molecule has 0 bridgehead atoms. The quantitative estimate of drug-likeness (QED) is 0.782. The van der Waals surface area contributed by atoms with Gasteiger partial charge in [0.1, 0.15) is 6.61 Å². The summed E-state index contributed by atoms with van der Waals surface area (Å²) >= 11 is 3.40. The highest BCUT2D eigenvalue weighted by molar-refractivity contribution is 9.10. The number of urea groups is 1. The molecule has 0 fully saturated rings. The van der Waals surface area contributed by atoms with Crippen LogP contribution >= 0.6 is 15.9 Å². The van der Waals surface area contributed by atoms with E-state index in [2.05, 4.69) is 26.6 Å². The Morgan fingerprint density at radius 3 is 2.77 bits per heavy atom. The number of ether oxygens (including phenoxy) is 1. The summed E-state index contributed by atoms with van der Waals surface area (Å²) in [4.78, 5) is 11.7. The number of amides is 2. The van der Waals surface area contributed by atoms with Crippen molar-refractivity contribution in [2.24, 2.45) is 0 Å². The van der Waals surface area contributed by atoms with Crippen LogP contribution in [0.2, 0.25) is 0 Å². The van der Waals surface area contributed by atoms with Crippen LogP contribution in [0.1, 0.15) is 5.56 Å². The van der Waals surface area contributed by atoms with Crippen molar-refractivity contribution in [3.05, 3.63) is 58.3 Å². The summed E-state index contributed by atoms with van der Waals surface area (Å²) in [6.45, 7) is 2.40. The molecule has 0 atom stereocenters. The molecule has 116 valence electrons. The summed E-state index contributed by atoms with van der Waals surface area (Å²) in [7, 11) is 0. The van der Waals surface area contributed by atoms with Gasteiger partial charge in [-0.25, -0.2) is 9.18 Å². The second-order valence-corrected chi connectivity index (χ2v) is 5.48. The third-order valence-electron chi connectivity index (χ3n) is 2.90. The van der Waals surface area contributed by atoms with Crippen LogP contribution in [0.5, 0.6) is 5.75 Å². The van der Waals surface area contributed by atoms with Gasteiger partial charge in [-0.1, -0.05) is 28.1 Å². The Bertz CT molecular complexity index is 664. The zero-order valence-corrected chi connectivity index (χ0v) is 13.6. The van der Waals surface area contributed by atoms with Crippen LogP contribution in [0.3, 0.4) is 0 Å². The molecule has 0 radical (unpaired) electrons. The van der Waals surface area contributed by atoms with E-state index in [-0.39, 0.29) is 24.9 Å². The van der Waals surface area contributed by atoms with E-state index in [4.69, 9.17) is 4.74 Å². The van der Waals surface area contributed by atoms with Gasteiger partial charge in [0.25, 0.3) is 0 Å². The third kappa shape index (κ3) is 4.73. The molecule has 0 heterocycles. The molecule has 2 N–H and O–H groups in total. The Balaban J connectivity index is 1.74. The van der Waals surface area contributed by atoms with E-state index in [1.165, 1.54) is 6.07 Å². The molecule has 0 aliphatic rings. The zero-order valence-electron chi connectivity index (χ0n) is 12.0. The molecule has 2 amide bonds. The SMILES string of the molecule is Cc1cc(NC(=O)NCCOc2ccccc2F)ccc1Br. The molecule has 4 nitrogen and oxygen atoms in total. The minimum atomic E-state index is -0.419. The largest absolute Gasteiger partial charge is 0.489 e. The normalized spacial score (nSPS) is 10.1. The summed E-state index contributed by atoms with van der Waals surface area (Å²) in [5.74, 6) is -0.245. The van der Waals surface area contributed by atoms with E-state index >= 15 is 0 Å². The van der Waals surface area contributed by atoms with Crippen LogP contribution in [-0.2, 0) is 0 Å². The first-order chi connectivity index (χ1) is 10.6. The molecule has 22 heavy (non-hydrogen) atoms. The topological polar surface area (TPSA) is 50.4 Å². The first-order valence-electron chi connectivity index (χ1n) is 6.74. The van der Waals surface area contributed by atoms with E-state index < -0.39 is 5.82 Å². The molecule has 2 aromatic carbocycles. The number of aryl methyl sites for hydroxylation is 1. The molecular weight excluding hydrogens is 351 g/mol. The van der Waals surface area contributed by atoms with Crippen LogP contribution in [0.25, 0.3) is 0 Å². The van der Waals surface area contributed by atoms with Crippen LogP contribution in [0, 0.1) is 12.7 Å². The summed E-state index contributed by atoms with van der Waals surface area (Å²) in [5.41, 5.74) is 1.73. The van der Waals surface area contributed by atoms with E-state index in [9.17, 15) is 9.18 Å². The predicted octanol–water partition coefficient (Wildman–Crippen LogP) is 4.10. The molecule has 2 aromatic rings. The number of para-hydroxylation sites is 1. The first-order valence-corrected chi connectivity index (χ1v) is 7.54. The number of hydrogen-bond acceptors (Lipinski definition) is 2. The zero-order chi connectivity index (χ0) is 15.9. The number of carbonyl (C=O) groups excluding carboxylic acids is 1. The van der Waals surface area contributed by atoms with E-state index in [1.54, 1.807) is 24.3 Å². The summed E-state index contributed by atoms with van der Waals surface area (Å²) in [5, 5.41) is 5.37. The second-order valence-electron chi connectivity index (χ2n) is 4.62. The number of rotatable bonds is 5. The highest BCUT2D eigenvalue weighted by atomic mass is 79.9. The number of benzene rings is 2. The second kappa shape index (κ2) is 7.79. The molecule has 0 saturated carbocycles. The van der Waals surface area contributed by atoms with Gasteiger partial charge in [-0.3, -0.25) is 0 Å². The van der Waals surface area contributed by atoms with Crippen molar-refractivity contribution >= 4 is 27.6 Å². The lowest BCUT2D eigenvalue weighted by atomic mass is 10.2. The van der Waals surface area contributed by atoms with E-state index in [1.807, 2.05) is 19.1 Å². The third-order valence-corrected chi connectivity index (χ3v) is 3.79. The number of hydrogen-bond donors (Lipinski definition) is 2. The lowest BCUT2D eigenvalue weighted by Crippen LogP contribution is -2.32. The van der Waals surface area contributed by atoms with Gasteiger partial charge in [0.05, 0.1) is 6.54 Å². The molecule has 2 rings (SSSR count). The maximum atomic E-state index is 13.3. The minimum Gasteiger partial charge on any atom is -0.489 e. The molecular formula is C16H16BrFN2O2. The lowest BCUT2D eigenvalue weighted by Gasteiger charge is -2.10. The van der Waals surface area contributed by atoms with Crippen molar-refractivity contribution in [2.75, 3.05) is 18.5 Å². The first kappa shape index (κ1) is 16.3. The maximum Gasteiger partial charge on any atom is 0.319 e. The monoisotopic (exact) mass is 366 g/mol. The average Bonchev–Trinajstić information content (AvgIpc) is 2.49. The van der Waals surface area contributed by atoms with Crippen molar-refractivity contribution in [1.29, 1.82) is 0 Å². The van der Waals surface area contributed by atoms with E-state index in [0.29, 0.717) is 5.69 Å². The fourth-order valence-electron chi connectivity index (χ4n) is 1.79. The number of nitrogens with one attached hydrogen (secondary N) is 2. The van der Waals surface area contributed by atoms with Crippen LogP contribution in [-0.4, -0.2) is 19.2 Å². The fraction of sp³-hybridized carbons (Fsp3) is 0.188. The molecule has 6 heteroatoms. The molecule has 0 aromatic heterocycles. The van der Waals surface area contributed by atoms with Crippen LogP contribution in [0.4, 0.5) is 14.9 Å². The maximum absolute atomic E-state index is 13.3.